The topological polar surface area (TPSA) is 38.1 Å². The fourth-order valence-electron chi connectivity index (χ4n) is 2.81. The van der Waals surface area contributed by atoms with Gasteiger partial charge in [-0.3, -0.25) is 9.48 Å². The first-order chi connectivity index (χ1) is 11.1. The standard InChI is InChI=1S/C18H22ClN3O/c1-3-10-22-13(2)16(11-20-22)18(23)21(15-8-9-15)12-14-6-4-5-7-17(14)19/h4-7,11,15H,3,8-10,12H2,1-2H3. The van der Waals surface area contributed by atoms with Crippen LogP contribution in [0.25, 0.3) is 0 Å². The number of aryl methyl sites for hydroxylation is 1. The molecule has 0 radical (unpaired) electrons. The lowest BCUT2D eigenvalue weighted by Crippen LogP contribution is -2.33. The summed E-state index contributed by atoms with van der Waals surface area (Å²) in [5.74, 6) is 0.0623. The van der Waals surface area contributed by atoms with Crippen molar-refractivity contribution in [2.45, 2.75) is 52.2 Å². The molecule has 1 aromatic carbocycles. The summed E-state index contributed by atoms with van der Waals surface area (Å²) in [5.41, 5.74) is 2.65. The summed E-state index contributed by atoms with van der Waals surface area (Å²) in [4.78, 5) is 15.0. The number of rotatable bonds is 6. The third kappa shape index (κ3) is 3.42. The van der Waals surface area contributed by atoms with E-state index in [0.717, 1.165) is 37.1 Å². The van der Waals surface area contributed by atoms with Gasteiger partial charge in [-0.2, -0.15) is 5.10 Å². The molecule has 0 N–H and O–H groups in total. The number of amides is 1. The molecule has 4 nitrogen and oxygen atoms in total. The molecule has 1 aromatic heterocycles. The van der Waals surface area contributed by atoms with E-state index >= 15 is 0 Å². The van der Waals surface area contributed by atoms with E-state index in [4.69, 9.17) is 11.6 Å². The Morgan fingerprint density at radius 1 is 1.39 bits per heavy atom. The molecule has 1 aliphatic rings. The first kappa shape index (κ1) is 16.1. The summed E-state index contributed by atoms with van der Waals surface area (Å²) in [5, 5.41) is 5.07. The second-order valence-electron chi connectivity index (χ2n) is 6.12. The summed E-state index contributed by atoms with van der Waals surface area (Å²) in [6, 6.07) is 8.05. The van der Waals surface area contributed by atoms with Gasteiger partial charge < -0.3 is 4.90 Å². The Balaban J connectivity index is 1.84. The minimum absolute atomic E-state index is 0.0623. The number of benzene rings is 1. The van der Waals surface area contributed by atoms with Gasteiger partial charge in [0.15, 0.2) is 0 Å². The quantitative estimate of drug-likeness (QED) is 0.800. The molecule has 1 heterocycles. The van der Waals surface area contributed by atoms with Crippen molar-refractivity contribution in [1.29, 1.82) is 0 Å². The number of hydrogen-bond donors (Lipinski definition) is 0. The van der Waals surface area contributed by atoms with E-state index in [-0.39, 0.29) is 5.91 Å². The average molecular weight is 332 g/mol. The molecule has 0 bridgehead atoms. The van der Waals surface area contributed by atoms with E-state index in [2.05, 4.69) is 12.0 Å². The maximum Gasteiger partial charge on any atom is 0.257 e. The molecular formula is C18H22ClN3O. The largest absolute Gasteiger partial charge is 0.331 e. The van der Waals surface area contributed by atoms with Crippen LogP contribution in [0.4, 0.5) is 0 Å². The number of halogens is 1. The maximum atomic E-state index is 13.0. The number of nitrogens with zero attached hydrogens (tertiary/aromatic N) is 3. The summed E-state index contributed by atoms with van der Waals surface area (Å²) in [7, 11) is 0. The average Bonchev–Trinajstić information content (AvgIpc) is 3.31. The third-order valence-electron chi connectivity index (χ3n) is 4.32. The Morgan fingerprint density at radius 2 is 2.13 bits per heavy atom. The van der Waals surface area contributed by atoms with Gasteiger partial charge in [-0.25, -0.2) is 0 Å². The lowest BCUT2D eigenvalue weighted by Gasteiger charge is -2.23. The Hall–Kier alpha value is -1.81. The van der Waals surface area contributed by atoms with Crippen LogP contribution < -0.4 is 0 Å². The van der Waals surface area contributed by atoms with Crippen molar-refractivity contribution < 1.29 is 4.79 Å². The van der Waals surface area contributed by atoms with Gasteiger partial charge in [0.2, 0.25) is 0 Å². The Bertz CT molecular complexity index is 706. The van der Waals surface area contributed by atoms with Crippen LogP contribution in [0.5, 0.6) is 0 Å². The molecule has 1 saturated carbocycles. The first-order valence-electron chi connectivity index (χ1n) is 8.18. The lowest BCUT2D eigenvalue weighted by atomic mass is 10.1. The molecule has 0 unspecified atom stereocenters. The normalized spacial score (nSPS) is 14.0. The molecule has 0 spiro atoms. The molecule has 2 aromatic rings. The van der Waals surface area contributed by atoms with Gasteiger partial charge in [0, 0.05) is 29.8 Å². The highest BCUT2D eigenvalue weighted by molar-refractivity contribution is 6.31. The second-order valence-corrected chi connectivity index (χ2v) is 6.53. The van der Waals surface area contributed by atoms with Crippen LogP contribution in [-0.2, 0) is 13.1 Å². The summed E-state index contributed by atoms with van der Waals surface area (Å²) >= 11 is 6.27. The smallest absolute Gasteiger partial charge is 0.257 e. The molecule has 0 saturated heterocycles. The highest BCUT2D eigenvalue weighted by Gasteiger charge is 2.34. The minimum Gasteiger partial charge on any atom is -0.331 e. The van der Waals surface area contributed by atoms with Crippen molar-refractivity contribution in [3.05, 3.63) is 52.3 Å². The van der Waals surface area contributed by atoms with Gasteiger partial charge in [-0.15, -0.1) is 0 Å². The van der Waals surface area contributed by atoms with Gasteiger partial charge in [0.1, 0.15) is 0 Å². The van der Waals surface area contributed by atoms with Crippen LogP contribution in [0.3, 0.4) is 0 Å². The van der Waals surface area contributed by atoms with E-state index in [1.807, 2.05) is 40.8 Å². The third-order valence-corrected chi connectivity index (χ3v) is 4.68. The number of carbonyl (C=O) groups is 1. The van der Waals surface area contributed by atoms with E-state index in [1.54, 1.807) is 6.20 Å². The molecule has 0 aliphatic heterocycles. The highest BCUT2D eigenvalue weighted by atomic mass is 35.5. The van der Waals surface area contributed by atoms with Crippen LogP contribution in [0.1, 0.15) is 47.8 Å². The van der Waals surface area contributed by atoms with Crippen molar-refractivity contribution in [2.24, 2.45) is 0 Å². The number of carbonyl (C=O) groups excluding carboxylic acids is 1. The molecule has 122 valence electrons. The summed E-state index contributed by atoms with van der Waals surface area (Å²) in [6.07, 6.45) is 4.84. The lowest BCUT2D eigenvalue weighted by molar-refractivity contribution is 0.0729. The van der Waals surface area contributed by atoms with Gasteiger partial charge in [0.05, 0.1) is 11.8 Å². The highest BCUT2D eigenvalue weighted by Crippen LogP contribution is 2.31. The SMILES string of the molecule is CCCn1ncc(C(=O)N(Cc2ccccc2Cl)C2CC2)c1C. The van der Waals surface area contributed by atoms with Crippen molar-refractivity contribution in [2.75, 3.05) is 0 Å². The summed E-state index contributed by atoms with van der Waals surface area (Å²) in [6.45, 7) is 5.47. The Labute approximate surface area is 142 Å². The molecule has 1 amide bonds. The molecule has 23 heavy (non-hydrogen) atoms. The summed E-state index contributed by atoms with van der Waals surface area (Å²) < 4.78 is 1.91. The molecule has 0 atom stereocenters. The zero-order valence-corrected chi connectivity index (χ0v) is 14.4. The Kier molecular flexibility index (Phi) is 4.71. The van der Waals surface area contributed by atoms with Crippen molar-refractivity contribution >= 4 is 17.5 Å². The molecule has 3 rings (SSSR count). The number of aromatic nitrogens is 2. The van der Waals surface area contributed by atoms with E-state index in [0.29, 0.717) is 23.2 Å². The predicted octanol–water partition coefficient (Wildman–Crippen LogP) is 4.06. The van der Waals surface area contributed by atoms with Gasteiger partial charge in [0.25, 0.3) is 5.91 Å². The Morgan fingerprint density at radius 3 is 2.78 bits per heavy atom. The molecule has 1 aliphatic carbocycles. The monoisotopic (exact) mass is 331 g/mol. The van der Waals surface area contributed by atoms with Crippen molar-refractivity contribution in [3.63, 3.8) is 0 Å². The fraction of sp³-hybridized carbons (Fsp3) is 0.444. The molecule has 5 heteroatoms. The second kappa shape index (κ2) is 6.75. The zero-order valence-electron chi connectivity index (χ0n) is 13.6. The fourth-order valence-corrected chi connectivity index (χ4v) is 3.01. The van der Waals surface area contributed by atoms with Crippen LogP contribution in [0, 0.1) is 6.92 Å². The van der Waals surface area contributed by atoms with Crippen LogP contribution in [-0.4, -0.2) is 26.6 Å². The van der Waals surface area contributed by atoms with Gasteiger partial charge in [-0.1, -0.05) is 36.7 Å². The van der Waals surface area contributed by atoms with Gasteiger partial charge in [-0.05, 0) is 37.8 Å². The van der Waals surface area contributed by atoms with Crippen molar-refractivity contribution in [1.82, 2.24) is 14.7 Å². The molecular weight excluding hydrogens is 310 g/mol. The van der Waals surface area contributed by atoms with E-state index in [1.165, 1.54) is 0 Å². The minimum atomic E-state index is 0.0623. The number of hydrogen-bond acceptors (Lipinski definition) is 2. The predicted molar refractivity (Wildman–Crippen MR) is 91.6 cm³/mol. The van der Waals surface area contributed by atoms with Gasteiger partial charge >= 0.3 is 0 Å². The zero-order chi connectivity index (χ0) is 16.4. The van der Waals surface area contributed by atoms with Crippen molar-refractivity contribution in [3.8, 4) is 0 Å². The van der Waals surface area contributed by atoms with E-state index in [9.17, 15) is 4.79 Å². The maximum absolute atomic E-state index is 13.0. The van der Waals surface area contributed by atoms with E-state index < -0.39 is 0 Å². The van der Waals surface area contributed by atoms with Crippen LogP contribution >= 0.6 is 11.6 Å². The van der Waals surface area contributed by atoms with Crippen LogP contribution in [0.2, 0.25) is 5.02 Å². The van der Waals surface area contributed by atoms with Crippen LogP contribution in [0.15, 0.2) is 30.5 Å². The first-order valence-corrected chi connectivity index (χ1v) is 8.56. The molecule has 1 fully saturated rings.